The molecule has 2 aliphatic carbocycles. The maximum Gasteiger partial charge on any atom is 0.331 e. The second kappa shape index (κ2) is 5.15. The summed E-state index contributed by atoms with van der Waals surface area (Å²) in [6, 6.07) is 0. The summed E-state index contributed by atoms with van der Waals surface area (Å²) >= 11 is 0. The molecule has 0 unspecified atom stereocenters. The van der Waals surface area contributed by atoms with Crippen LogP contribution >= 0.6 is 0 Å². The molecule has 0 bridgehead atoms. The van der Waals surface area contributed by atoms with Crippen LogP contribution in [0, 0.1) is 0 Å². The third-order valence-corrected chi connectivity index (χ3v) is 3.23. The molecular weight excluding hydrogens is 200 g/mol. The molecule has 0 saturated heterocycles. The van der Waals surface area contributed by atoms with Gasteiger partial charge in [-0.2, -0.15) is 0 Å². The Bertz CT molecular complexity index is 326. The molecule has 0 aromatic carbocycles. The lowest BCUT2D eigenvalue weighted by atomic mass is 10.0. The Morgan fingerprint density at radius 1 is 1.25 bits per heavy atom. The van der Waals surface area contributed by atoms with E-state index in [0.717, 1.165) is 25.7 Å². The van der Waals surface area contributed by atoms with E-state index < -0.39 is 0 Å². The van der Waals surface area contributed by atoms with Crippen molar-refractivity contribution >= 4 is 5.97 Å². The van der Waals surface area contributed by atoms with Crippen molar-refractivity contribution in [2.45, 2.75) is 44.6 Å². The van der Waals surface area contributed by atoms with E-state index in [2.05, 4.69) is 18.7 Å². The Kier molecular flexibility index (Phi) is 3.60. The molecule has 0 aliphatic heterocycles. The Balaban J connectivity index is 2.11. The largest absolute Gasteiger partial charge is 0.450 e. The zero-order valence-corrected chi connectivity index (χ0v) is 9.58. The number of hydrogen-bond acceptors (Lipinski definition) is 2. The molecule has 0 radical (unpaired) electrons. The van der Waals surface area contributed by atoms with Gasteiger partial charge in [0.15, 0.2) is 0 Å². The summed E-state index contributed by atoms with van der Waals surface area (Å²) in [7, 11) is 0. The van der Waals surface area contributed by atoms with Gasteiger partial charge in [0, 0.05) is 6.08 Å². The van der Waals surface area contributed by atoms with Crippen LogP contribution in [0.2, 0.25) is 0 Å². The van der Waals surface area contributed by atoms with E-state index in [0.29, 0.717) is 0 Å². The fourth-order valence-corrected chi connectivity index (χ4v) is 2.42. The Morgan fingerprint density at radius 2 is 1.81 bits per heavy atom. The molecule has 0 heterocycles. The van der Waals surface area contributed by atoms with Gasteiger partial charge in [-0.15, -0.1) is 0 Å². The van der Waals surface area contributed by atoms with Gasteiger partial charge in [0.1, 0.15) is 6.10 Å². The average Bonchev–Trinajstić information content (AvgIpc) is 2.97. The number of esters is 1. The fourth-order valence-electron chi connectivity index (χ4n) is 2.42. The highest BCUT2D eigenvalue weighted by molar-refractivity contribution is 5.81. The van der Waals surface area contributed by atoms with Crippen molar-refractivity contribution in [2.75, 3.05) is 0 Å². The van der Waals surface area contributed by atoms with E-state index >= 15 is 0 Å². The zero-order chi connectivity index (χ0) is 11.4. The van der Waals surface area contributed by atoms with Gasteiger partial charge in [0.25, 0.3) is 0 Å². The first kappa shape index (κ1) is 11.2. The minimum absolute atomic E-state index is 0.101. The summed E-state index contributed by atoms with van der Waals surface area (Å²) in [6.07, 6.45) is 12.3. The second-order valence-corrected chi connectivity index (χ2v) is 4.36. The lowest BCUT2D eigenvalue weighted by Crippen LogP contribution is -2.20. The van der Waals surface area contributed by atoms with Gasteiger partial charge in [-0.25, -0.2) is 4.79 Å². The van der Waals surface area contributed by atoms with Crippen LogP contribution in [-0.4, -0.2) is 12.1 Å². The van der Waals surface area contributed by atoms with Crippen LogP contribution in [0.3, 0.4) is 0 Å². The molecule has 16 heavy (non-hydrogen) atoms. The van der Waals surface area contributed by atoms with Crippen molar-refractivity contribution in [1.29, 1.82) is 0 Å². The SMILES string of the molecule is C=CC(=O)OC(C1=CCCC1)C1=CCCC1. The molecule has 2 heteroatoms. The lowest BCUT2D eigenvalue weighted by Gasteiger charge is -2.20. The molecule has 2 nitrogen and oxygen atoms in total. The minimum Gasteiger partial charge on any atom is -0.450 e. The molecule has 0 saturated carbocycles. The second-order valence-electron chi connectivity index (χ2n) is 4.36. The molecule has 0 N–H and O–H groups in total. The molecule has 0 aromatic rings. The quantitative estimate of drug-likeness (QED) is 0.411. The van der Waals surface area contributed by atoms with E-state index in [1.54, 1.807) is 0 Å². The van der Waals surface area contributed by atoms with E-state index in [-0.39, 0.29) is 12.1 Å². The number of carbonyl (C=O) groups excluding carboxylic acids is 1. The fraction of sp³-hybridized carbons (Fsp3) is 0.500. The topological polar surface area (TPSA) is 26.3 Å². The van der Waals surface area contributed by atoms with Crippen LogP contribution in [0.15, 0.2) is 36.0 Å². The Hall–Kier alpha value is -1.31. The normalized spacial score (nSPS) is 19.6. The van der Waals surface area contributed by atoms with E-state index in [1.807, 2.05) is 0 Å². The molecule has 0 aromatic heterocycles. The van der Waals surface area contributed by atoms with Gasteiger partial charge in [0.2, 0.25) is 0 Å². The first-order valence-electron chi connectivity index (χ1n) is 6.02. The standard InChI is InChI=1S/C14H18O2/c1-2-13(15)16-14(11-7-3-4-8-11)12-9-5-6-10-12/h2,7,9,14H,1,3-6,8,10H2. The predicted molar refractivity (Wildman–Crippen MR) is 63.9 cm³/mol. The highest BCUT2D eigenvalue weighted by Gasteiger charge is 2.25. The number of rotatable bonds is 4. The molecule has 2 rings (SSSR count). The molecule has 2 aliphatic rings. The third-order valence-electron chi connectivity index (χ3n) is 3.23. The van der Waals surface area contributed by atoms with Gasteiger partial charge >= 0.3 is 5.97 Å². The van der Waals surface area contributed by atoms with Gasteiger partial charge < -0.3 is 4.74 Å². The number of carbonyl (C=O) groups is 1. The number of allylic oxidation sites excluding steroid dienone is 2. The monoisotopic (exact) mass is 218 g/mol. The molecular formula is C14H18O2. The lowest BCUT2D eigenvalue weighted by molar-refractivity contribution is -0.140. The van der Waals surface area contributed by atoms with Gasteiger partial charge in [-0.05, 0) is 49.7 Å². The predicted octanol–water partition coefficient (Wildman–Crippen LogP) is 3.30. The average molecular weight is 218 g/mol. The minimum atomic E-state index is -0.314. The van der Waals surface area contributed by atoms with Crippen LogP contribution in [0.5, 0.6) is 0 Å². The van der Waals surface area contributed by atoms with Crippen molar-refractivity contribution in [3.05, 3.63) is 36.0 Å². The Labute approximate surface area is 96.7 Å². The zero-order valence-electron chi connectivity index (χ0n) is 9.58. The van der Waals surface area contributed by atoms with E-state index in [1.165, 1.54) is 30.1 Å². The van der Waals surface area contributed by atoms with E-state index in [4.69, 9.17) is 4.74 Å². The van der Waals surface area contributed by atoms with Gasteiger partial charge in [0.05, 0.1) is 0 Å². The first-order valence-corrected chi connectivity index (χ1v) is 6.02. The van der Waals surface area contributed by atoms with Crippen LogP contribution in [0.25, 0.3) is 0 Å². The highest BCUT2D eigenvalue weighted by Crippen LogP contribution is 2.32. The van der Waals surface area contributed by atoms with Gasteiger partial charge in [-0.3, -0.25) is 0 Å². The molecule has 0 spiro atoms. The van der Waals surface area contributed by atoms with E-state index in [9.17, 15) is 4.79 Å². The summed E-state index contributed by atoms with van der Waals surface area (Å²) < 4.78 is 5.47. The third kappa shape index (κ3) is 2.43. The number of hydrogen-bond donors (Lipinski definition) is 0. The van der Waals surface area contributed by atoms with Crippen molar-refractivity contribution in [2.24, 2.45) is 0 Å². The Morgan fingerprint density at radius 3 is 2.19 bits per heavy atom. The van der Waals surface area contributed by atoms with Crippen molar-refractivity contribution in [3.63, 3.8) is 0 Å². The summed E-state index contributed by atoms with van der Waals surface area (Å²) in [5.74, 6) is -0.314. The summed E-state index contributed by atoms with van der Waals surface area (Å²) in [6.45, 7) is 3.45. The van der Waals surface area contributed by atoms with Crippen LogP contribution in [0.1, 0.15) is 38.5 Å². The summed E-state index contributed by atoms with van der Waals surface area (Å²) in [5.41, 5.74) is 2.56. The summed E-state index contributed by atoms with van der Waals surface area (Å²) in [4.78, 5) is 11.3. The maximum absolute atomic E-state index is 11.3. The first-order chi connectivity index (χ1) is 7.81. The van der Waals surface area contributed by atoms with Crippen LogP contribution in [0.4, 0.5) is 0 Å². The molecule has 0 fully saturated rings. The molecule has 0 amide bonds. The summed E-state index contributed by atoms with van der Waals surface area (Å²) in [5, 5.41) is 0. The molecule has 0 atom stereocenters. The van der Waals surface area contributed by atoms with Gasteiger partial charge in [-0.1, -0.05) is 18.7 Å². The van der Waals surface area contributed by atoms with Crippen molar-refractivity contribution in [1.82, 2.24) is 0 Å². The highest BCUT2D eigenvalue weighted by atomic mass is 16.5. The smallest absolute Gasteiger partial charge is 0.331 e. The number of ether oxygens (including phenoxy) is 1. The van der Waals surface area contributed by atoms with Crippen molar-refractivity contribution < 1.29 is 9.53 Å². The molecule has 86 valence electrons. The van der Waals surface area contributed by atoms with Crippen LogP contribution < -0.4 is 0 Å². The maximum atomic E-state index is 11.3. The van der Waals surface area contributed by atoms with Crippen molar-refractivity contribution in [3.8, 4) is 0 Å². The van der Waals surface area contributed by atoms with Crippen LogP contribution in [-0.2, 0) is 9.53 Å².